The number of anilines is 1. The van der Waals surface area contributed by atoms with Crippen molar-refractivity contribution in [1.82, 2.24) is 19.7 Å². The maximum Gasteiger partial charge on any atom is 0.246 e. The van der Waals surface area contributed by atoms with Crippen molar-refractivity contribution in [3.05, 3.63) is 109 Å². The second-order valence-electron chi connectivity index (χ2n) is 8.11. The minimum atomic E-state index is -0.413. The summed E-state index contributed by atoms with van der Waals surface area (Å²) in [4.78, 5) is 21.8. The predicted molar refractivity (Wildman–Crippen MR) is 134 cm³/mol. The zero-order valence-electron chi connectivity index (χ0n) is 19.0. The molecule has 3 heterocycles. The number of amides is 1. The number of hydrogen-bond acceptors (Lipinski definition) is 4. The third-order valence-electron chi connectivity index (χ3n) is 5.45. The molecule has 0 radical (unpaired) electrons. The summed E-state index contributed by atoms with van der Waals surface area (Å²) in [5.74, 6) is -0.725. The van der Waals surface area contributed by atoms with E-state index in [0.29, 0.717) is 17.1 Å². The summed E-state index contributed by atoms with van der Waals surface area (Å²) in [6, 6.07) is 25.4. The van der Waals surface area contributed by atoms with Crippen molar-refractivity contribution in [3.8, 4) is 33.8 Å². The minimum Gasteiger partial charge on any atom is -0.324 e. The van der Waals surface area contributed by atoms with Crippen molar-refractivity contribution in [2.24, 2.45) is 0 Å². The molecule has 0 saturated heterocycles. The molecule has 5 aromatic rings. The number of aromatic nitrogens is 4. The van der Waals surface area contributed by atoms with E-state index < -0.39 is 5.82 Å². The number of carbonyl (C=O) groups is 1. The number of rotatable bonds is 6. The molecule has 1 N–H and O–H groups in total. The smallest absolute Gasteiger partial charge is 0.246 e. The van der Waals surface area contributed by atoms with E-state index in [1.54, 1.807) is 23.0 Å². The van der Waals surface area contributed by atoms with E-state index in [1.807, 2.05) is 73.8 Å². The van der Waals surface area contributed by atoms with Gasteiger partial charge < -0.3 is 5.32 Å². The summed E-state index contributed by atoms with van der Waals surface area (Å²) >= 11 is 0. The number of nitrogens with zero attached hydrogens (tertiary/aromatic N) is 4. The van der Waals surface area contributed by atoms with Gasteiger partial charge in [-0.3, -0.25) is 19.4 Å². The molecule has 0 bridgehead atoms. The van der Waals surface area contributed by atoms with Crippen molar-refractivity contribution < 1.29 is 9.18 Å². The van der Waals surface area contributed by atoms with Crippen molar-refractivity contribution >= 4 is 11.6 Å². The van der Waals surface area contributed by atoms with Gasteiger partial charge >= 0.3 is 0 Å². The summed E-state index contributed by atoms with van der Waals surface area (Å²) in [6.07, 6.45) is 3.59. The first kappa shape index (κ1) is 22.2. The van der Waals surface area contributed by atoms with Gasteiger partial charge in [0.05, 0.1) is 11.4 Å². The number of nitrogens with one attached hydrogen (secondary N) is 1. The number of halogens is 1. The van der Waals surface area contributed by atoms with Crippen molar-refractivity contribution in [2.75, 3.05) is 5.32 Å². The molecule has 0 aliphatic heterocycles. The molecule has 1 amide bonds. The Balaban J connectivity index is 1.51. The van der Waals surface area contributed by atoms with Gasteiger partial charge in [0.15, 0.2) is 0 Å². The van der Waals surface area contributed by atoms with Gasteiger partial charge in [0.25, 0.3) is 0 Å². The number of benzene rings is 2. The fraction of sp³-hybridized carbons (Fsp3) is 0.0714. The predicted octanol–water partition coefficient (Wildman–Crippen LogP) is 5.76. The second kappa shape index (κ2) is 9.69. The molecular formula is C28H22FN5O. The zero-order chi connectivity index (χ0) is 24.2. The number of hydrogen-bond donors (Lipinski definition) is 1. The molecule has 172 valence electrons. The van der Waals surface area contributed by atoms with Gasteiger partial charge in [0.1, 0.15) is 18.1 Å². The monoisotopic (exact) mass is 463 g/mol. The van der Waals surface area contributed by atoms with Crippen LogP contribution in [0.5, 0.6) is 0 Å². The Labute approximate surface area is 202 Å². The van der Waals surface area contributed by atoms with Gasteiger partial charge in [-0.2, -0.15) is 5.10 Å². The van der Waals surface area contributed by atoms with E-state index in [9.17, 15) is 9.18 Å². The van der Waals surface area contributed by atoms with E-state index in [-0.39, 0.29) is 12.5 Å². The van der Waals surface area contributed by atoms with Crippen LogP contribution in [0.3, 0.4) is 0 Å². The normalized spacial score (nSPS) is 10.8. The molecule has 2 aromatic carbocycles. The summed E-state index contributed by atoms with van der Waals surface area (Å²) in [7, 11) is 0. The Morgan fingerprint density at radius 1 is 0.914 bits per heavy atom. The Morgan fingerprint density at radius 3 is 2.54 bits per heavy atom. The quantitative estimate of drug-likeness (QED) is 0.347. The molecule has 0 spiro atoms. The third kappa shape index (κ3) is 5.14. The minimum absolute atomic E-state index is 0.0358. The second-order valence-corrected chi connectivity index (χ2v) is 8.11. The van der Waals surface area contributed by atoms with Crippen molar-refractivity contribution in [1.29, 1.82) is 0 Å². The van der Waals surface area contributed by atoms with E-state index in [1.165, 1.54) is 12.1 Å². The van der Waals surface area contributed by atoms with Gasteiger partial charge in [-0.15, -0.1) is 0 Å². The summed E-state index contributed by atoms with van der Waals surface area (Å²) in [6.45, 7) is 1.89. The van der Waals surface area contributed by atoms with Crippen LogP contribution in [0.1, 0.15) is 5.69 Å². The van der Waals surface area contributed by atoms with Gasteiger partial charge in [-0.25, -0.2) is 4.39 Å². The van der Waals surface area contributed by atoms with Gasteiger partial charge in [0.2, 0.25) is 5.91 Å². The topological polar surface area (TPSA) is 72.7 Å². The molecule has 0 atom stereocenters. The van der Waals surface area contributed by atoms with Crippen LogP contribution in [0, 0.1) is 12.7 Å². The lowest BCUT2D eigenvalue weighted by Gasteiger charge is -2.06. The standard InChI is InChI=1S/C28H22FN5O/c1-19-7-5-12-25(31-19)28-24(21-13-14-30-26(15-21)20-8-3-2-4-9-20)17-34(33-28)18-27(35)32-23-11-6-10-22(29)16-23/h2-17H,18H2,1H3,(H,32,35). The van der Waals surface area contributed by atoms with Crippen molar-refractivity contribution in [3.63, 3.8) is 0 Å². The van der Waals surface area contributed by atoms with Crippen LogP contribution >= 0.6 is 0 Å². The largest absolute Gasteiger partial charge is 0.324 e. The highest BCUT2D eigenvalue weighted by Crippen LogP contribution is 2.32. The van der Waals surface area contributed by atoms with Crippen LogP contribution in [0.4, 0.5) is 10.1 Å². The summed E-state index contributed by atoms with van der Waals surface area (Å²) < 4.78 is 15.1. The number of pyridine rings is 2. The highest BCUT2D eigenvalue weighted by Gasteiger charge is 2.17. The van der Waals surface area contributed by atoms with Gasteiger partial charge in [0, 0.05) is 34.9 Å². The lowest BCUT2D eigenvalue weighted by atomic mass is 10.0. The average Bonchev–Trinajstić information content (AvgIpc) is 3.28. The molecule has 7 heteroatoms. The molecule has 3 aromatic heterocycles. The Kier molecular flexibility index (Phi) is 6.13. The fourth-order valence-electron chi connectivity index (χ4n) is 3.86. The maximum atomic E-state index is 13.5. The average molecular weight is 464 g/mol. The number of carbonyl (C=O) groups excluding carboxylic acids is 1. The van der Waals surface area contributed by atoms with Crippen LogP contribution in [0.2, 0.25) is 0 Å². The molecule has 5 rings (SSSR count). The third-order valence-corrected chi connectivity index (χ3v) is 5.45. The van der Waals surface area contributed by atoms with Crippen LogP contribution in [-0.4, -0.2) is 25.7 Å². The van der Waals surface area contributed by atoms with Gasteiger partial charge in [-0.05, 0) is 55.0 Å². The molecule has 0 unspecified atom stereocenters. The summed E-state index contributed by atoms with van der Waals surface area (Å²) in [5, 5.41) is 7.41. The van der Waals surface area contributed by atoms with E-state index in [0.717, 1.165) is 28.1 Å². The molecule has 0 aliphatic rings. The van der Waals surface area contributed by atoms with Crippen LogP contribution in [-0.2, 0) is 11.3 Å². The lowest BCUT2D eigenvalue weighted by Crippen LogP contribution is -2.19. The Bertz CT molecular complexity index is 1500. The SMILES string of the molecule is Cc1cccc(-c2nn(CC(=O)Nc3cccc(F)c3)cc2-c2ccnc(-c3ccccc3)c2)n1. The molecule has 6 nitrogen and oxygen atoms in total. The van der Waals surface area contributed by atoms with Crippen molar-refractivity contribution in [2.45, 2.75) is 13.5 Å². The molecular weight excluding hydrogens is 441 g/mol. The summed E-state index contributed by atoms with van der Waals surface area (Å²) in [5.41, 5.74) is 6.22. The Morgan fingerprint density at radius 2 is 1.74 bits per heavy atom. The first-order chi connectivity index (χ1) is 17.0. The van der Waals surface area contributed by atoms with E-state index >= 15 is 0 Å². The zero-order valence-corrected chi connectivity index (χ0v) is 19.0. The van der Waals surface area contributed by atoms with Crippen LogP contribution < -0.4 is 5.32 Å². The highest BCUT2D eigenvalue weighted by atomic mass is 19.1. The maximum absolute atomic E-state index is 13.5. The molecule has 0 fully saturated rings. The first-order valence-corrected chi connectivity index (χ1v) is 11.1. The van der Waals surface area contributed by atoms with Gasteiger partial charge in [-0.1, -0.05) is 42.5 Å². The Hall–Kier alpha value is -4.65. The van der Waals surface area contributed by atoms with Crippen LogP contribution in [0.15, 0.2) is 97.3 Å². The molecule has 0 saturated carbocycles. The number of aryl methyl sites for hydroxylation is 1. The lowest BCUT2D eigenvalue weighted by molar-refractivity contribution is -0.116. The first-order valence-electron chi connectivity index (χ1n) is 11.1. The van der Waals surface area contributed by atoms with E-state index in [4.69, 9.17) is 5.10 Å². The van der Waals surface area contributed by atoms with Crippen LogP contribution in [0.25, 0.3) is 33.8 Å². The fourth-order valence-corrected chi connectivity index (χ4v) is 3.86. The van der Waals surface area contributed by atoms with E-state index in [2.05, 4.69) is 15.3 Å². The molecule has 35 heavy (non-hydrogen) atoms. The highest BCUT2D eigenvalue weighted by molar-refractivity contribution is 5.90. The molecule has 0 aliphatic carbocycles.